The number of ether oxygens (including phenoxy) is 2. The van der Waals surface area contributed by atoms with Gasteiger partial charge in [-0.25, -0.2) is 4.79 Å². The van der Waals surface area contributed by atoms with Crippen molar-refractivity contribution >= 4 is 29.0 Å². The van der Waals surface area contributed by atoms with Crippen LogP contribution in [0, 0.1) is 5.92 Å². The fourth-order valence-corrected chi connectivity index (χ4v) is 4.98. The van der Waals surface area contributed by atoms with Crippen molar-refractivity contribution in [2.75, 3.05) is 26.3 Å². The molecule has 0 spiro atoms. The first-order valence-corrected chi connectivity index (χ1v) is 11.7. The van der Waals surface area contributed by atoms with Crippen LogP contribution in [0.2, 0.25) is 0 Å². The van der Waals surface area contributed by atoms with Gasteiger partial charge in [0.15, 0.2) is 0 Å². The predicted molar refractivity (Wildman–Crippen MR) is 121 cm³/mol. The van der Waals surface area contributed by atoms with Crippen LogP contribution in [0.3, 0.4) is 0 Å². The maximum atomic E-state index is 13.1. The van der Waals surface area contributed by atoms with Crippen LogP contribution < -0.4 is 0 Å². The van der Waals surface area contributed by atoms with Crippen LogP contribution in [-0.4, -0.2) is 54.9 Å². The lowest BCUT2D eigenvalue weighted by Gasteiger charge is -2.33. The highest BCUT2D eigenvalue weighted by Gasteiger charge is 2.43. The molecule has 0 radical (unpaired) electrons. The van der Waals surface area contributed by atoms with Crippen molar-refractivity contribution in [2.45, 2.75) is 59.9 Å². The fraction of sp³-hybridized carbons (Fsp3) is 0.609. The van der Waals surface area contributed by atoms with Gasteiger partial charge in [-0.15, -0.1) is 11.3 Å². The molecule has 3 atom stereocenters. The number of esters is 2. The first-order valence-electron chi connectivity index (χ1n) is 10.8. The van der Waals surface area contributed by atoms with Crippen LogP contribution in [0.4, 0.5) is 0 Å². The summed E-state index contributed by atoms with van der Waals surface area (Å²) < 4.78 is 10.8. The molecule has 166 valence electrons. The molecule has 1 aliphatic rings. The van der Waals surface area contributed by atoms with Gasteiger partial charge in [0.05, 0.1) is 24.5 Å². The van der Waals surface area contributed by atoms with Crippen molar-refractivity contribution in [3.63, 3.8) is 0 Å². The molecule has 0 bridgehead atoms. The number of thiophene rings is 1. The number of nitrogens with zero attached hydrogens (tertiary/aromatic N) is 2. The van der Waals surface area contributed by atoms with Gasteiger partial charge in [-0.3, -0.25) is 9.79 Å². The topological polar surface area (TPSA) is 68.2 Å². The minimum absolute atomic E-state index is 0.208. The van der Waals surface area contributed by atoms with E-state index >= 15 is 0 Å². The van der Waals surface area contributed by atoms with Crippen LogP contribution in [-0.2, 0) is 19.1 Å². The first kappa shape index (κ1) is 24.3. The standard InChI is InChI=1S/C23H34N2O4S/c1-7-25(8-2)15(5)14-17-20(23(27)29-10-4)21(18-12-11-13-30-18)19(16(6)24-17)22(26)28-9-3/h11-13,15,19,21H,7-10,14H2,1-6H3. The Labute approximate surface area is 184 Å². The molecular weight excluding hydrogens is 400 g/mol. The highest BCUT2D eigenvalue weighted by Crippen LogP contribution is 2.43. The zero-order chi connectivity index (χ0) is 22.3. The lowest BCUT2D eigenvalue weighted by Crippen LogP contribution is -2.38. The maximum absolute atomic E-state index is 13.1. The molecule has 7 heteroatoms. The zero-order valence-corrected chi connectivity index (χ0v) is 19.8. The fourth-order valence-electron chi connectivity index (χ4n) is 4.11. The number of aliphatic imine (C=N–C) groups is 1. The van der Waals surface area contributed by atoms with E-state index in [0.29, 0.717) is 23.4 Å². The number of hydrogen-bond donors (Lipinski definition) is 0. The Bertz CT molecular complexity index is 781. The summed E-state index contributed by atoms with van der Waals surface area (Å²) in [5.41, 5.74) is 1.88. The molecule has 1 aromatic rings. The monoisotopic (exact) mass is 434 g/mol. The highest BCUT2D eigenvalue weighted by atomic mass is 32.1. The predicted octanol–water partition coefficient (Wildman–Crippen LogP) is 4.42. The van der Waals surface area contributed by atoms with Crippen LogP contribution in [0.1, 0.15) is 58.8 Å². The SMILES string of the molecule is CCOC(=O)C1=C(CC(C)N(CC)CC)N=C(C)C(C(=O)OCC)C1c1cccs1. The minimum atomic E-state index is -0.629. The average Bonchev–Trinajstić information content (AvgIpc) is 3.23. The Hall–Kier alpha value is -1.99. The summed E-state index contributed by atoms with van der Waals surface area (Å²) in [4.78, 5) is 34.1. The highest BCUT2D eigenvalue weighted by molar-refractivity contribution is 7.10. The molecule has 0 saturated heterocycles. The molecule has 30 heavy (non-hydrogen) atoms. The molecule has 0 amide bonds. The van der Waals surface area contributed by atoms with Crippen molar-refractivity contribution in [1.29, 1.82) is 0 Å². The summed E-state index contributed by atoms with van der Waals surface area (Å²) in [6, 6.07) is 4.11. The van der Waals surface area contributed by atoms with Gasteiger partial charge >= 0.3 is 11.9 Å². The third-order valence-electron chi connectivity index (χ3n) is 5.53. The van der Waals surface area contributed by atoms with Gasteiger partial charge in [0.25, 0.3) is 0 Å². The van der Waals surface area contributed by atoms with Gasteiger partial charge in [-0.05, 0) is 52.2 Å². The van der Waals surface area contributed by atoms with E-state index in [1.54, 1.807) is 13.8 Å². The number of carbonyl (C=O) groups excluding carboxylic acids is 2. The molecule has 1 aromatic heterocycles. The summed E-state index contributed by atoms with van der Waals surface area (Å²) in [6.45, 7) is 14.2. The zero-order valence-electron chi connectivity index (χ0n) is 18.9. The van der Waals surface area contributed by atoms with Gasteiger partial charge in [-0.2, -0.15) is 0 Å². The Morgan fingerprint density at radius 1 is 1.17 bits per heavy atom. The van der Waals surface area contributed by atoms with Gasteiger partial charge in [0, 0.05) is 29.0 Å². The quantitative estimate of drug-likeness (QED) is 0.510. The average molecular weight is 435 g/mol. The smallest absolute Gasteiger partial charge is 0.336 e. The summed E-state index contributed by atoms with van der Waals surface area (Å²) in [5, 5.41) is 1.96. The van der Waals surface area contributed by atoms with E-state index in [0.717, 1.165) is 18.0 Å². The Morgan fingerprint density at radius 2 is 1.83 bits per heavy atom. The number of carbonyl (C=O) groups is 2. The van der Waals surface area contributed by atoms with Crippen molar-refractivity contribution in [3.05, 3.63) is 33.7 Å². The van der Waals surface area contributed by atoms with E-state index in [-0.39, 0.29) is 25.2 Å². The van der Waals surface area contributed by atoms with Gasteiger partial charge in [0.2, 0.25) is 0 Å². The molecule has 0 aromatic carbocycles. The molecule has 2 heterocycles. The minimum Gasteiger partial charge on any atom is -0.465 e. The largest absolute Gasteiger partial charge is 0.465 e. The molecule has 2 rings (SSSR count). The van der Waals surface area contributed by atoms with E-state index < -0.39 is 17.8 Å². The van der Waals surface area contributed by atoms with Crippen LogP contribution in [0.5, 0.6) is 0 Å². The van der Waals surface area contributed by atoms with Crippen LogP contribution in [0.15, 0.2) is 33.8 Å². The summed E-state index contributed by atoms with van der Waals surface area (Å²) >= 11 is 1.53. The van der Waals surface area contributed by atoms with Crippen LogP contribution >= 0.6 is 11.3 Å². The number of rotatable bonds is 10. The van der Waals surface area contributed by atoms with E-state index in [1.165, 1.54) is 11.3 Å². The lowest BCUT2D eigenvalue weighted by atomic mass is 9.78. The third kappa shape index (κ3) is 5.38. The number of hydrogen-bond acceptors (Lipinski definition) is 7. The van der Waals surface area contributed by atoms with Gasteiger partial charge in [-0.1, -0.05) is 19.9 Å². The Morgan fingerprint density at radius 3 is 2.37 bits per heavy atom. The Balaban J connectivity index is 2.61. The maximum Gasteiger partial charge on any atom is 0.336 e. The summed E-state index contributed by atoms with van der Waals surface area (Å²) in [6.07, 6.45) is 0.616. The second-order valence-electron chi connectivity index (χ2n) is 7.33. The Kier molecular flexibility index (Phi) is 9.24. The third-order valence-corrected chi connectivity index (χ3v) is 6.48. The van der Waals surface area contributed by atoms with E-state index in [9.17, 15) is 9.59 Å². The molecule has 1 aliphatic heterocycles. The van der Waals surface area contributed by atoms with Crippen molar-refractivity contribution in [2.24, 2.45) is 10.9 Å². The molecule has 0 saturated carbocycles. The van der Waals surface area contributed by atoms with Crippen molar-refractivity contribution < 1.29 is 19.1 Å². The second kappa shape index (κ2) is 11.4. The molecule has 0 aliphatic carbocycles. The van der Waals surface area contributed by atoms with Crippen molar-refractivity contribution in [1.82, 2.24) is 4.90 Å². The van der Waals surface area contributed by atoms with E-state index in [4.69, 9.17) is 14.5 Å². The normalized spacial score (nSPS) is 20.2. The molecule has 3 unspecified atom stereocenters. The molecule has 0 N–H and O–H groups in total. The molecular formula is C23H34N2O4S. The molecule has 6 nitrogen and oxygen atoms in total. The van der Waals surface area contributed by atoms with Crippen molar-refractivity contribution in [3.8, 4) is 0 Å². The van der Waals surface area contributed by atoms with Gasteiger partial charge < -0.3 is 14.4 Å². The van der Waals surface area contributed by atoms with Gasteiger partial charge in [0.1, 0.15) is 5.92 Å². The first-order chi connectivity index (χ1) is 14.4. The van der Waals surface area contributed by atoms with E-state index in [2.05, 4.69) is 25.7 Å². The lowest BCUT2D eigenvalue weighted by molar-refractivity contribution is -0.146. The van der Waals surface area contributed by atoms with Crippen LogP contribution in [0.25, 0.3) is 0 Å². The second-order valence-corrected chi connectivity index (χ2v) is 8.31. The molecule has 0 fully saturated rings. The summed E-state index contributed by atoms with van der Waals surface area (Å²) in [5.74, 6) is -1.83. The van der Waals surface area contributed by atoms with E-state index in [1.807, 2.05) is 24.4 Å². The summed E-state index contributed by atoms with van der Waals surface area (Å²) in [7, 11) is 0.